The fourth-order valence-corrected chi connectivity index (χ4v) is 5.82. The summed E-state index contributed by atoms with van der Waals surface area (Å²) in [5.74, 6) is -5.35. The first kappa shape index (κ1) is 33.0. The van der Waals surface area contributed by atoms with Gasteiger partial charge >= 0.3 is 17.9 Å². The van der Waals surface area contributed by atoms with Crippen LogP contribution in [0.5, 0.6) is 23.0 Å². The molecule has 8 N–H and O–H groups in total. The lowest BCUT2D eigenvalue weighted by Crippen LogP contribution is -2.67. The van der Waals surface area contributed by atoms with Crippen LogP contribution in [-0.4, -0.2) is 82.2 Å². The summed E-state index contributed by atoms with van der Waals surface area (Å²) in [6.45, 7) is -0.366. The van der Waals surface area contributed by atoms with Gasteiger partial charge in [0, 0.05) is 18.4 Å². The summed E-state index contributed by atoms with van der Waals surface area (Å²) in [6, 6.07) is 13.9. The number of aliphatic carboxylic acids is 1. The highest BCUT2D eigenvalue weighted by molar-refractivity contribution is 6.21. The van der Waals surface area contributed by atoms with Crippen LogP contribution in [0.1, 0.15) is 47.9 Å². The van der Waals surface area contributed by atoms with Crippen LogP contribution in [0.25, 0.3) is 17.7 Å². The fourth-order valence-electron chi connectivity index (χ4n) is 5.82. The standard InChI is InChI=1S/C34H32O13/c35-17-20-2-1-3-21(11-20)23(12-19-5-7-25(37)27(39)14-19)31(42)46-29-16-33(45,32(43)44)15-28(40)34(29)9-8-22(30(41)47-34)10-18-4-6-24(36)26(38)13-18/h1-7,10-14,28-29,35-40,45H,8-9,15-17H2,(H,43,44). The van der Waals surface area contributed by atoms with Crippen molar-refractivity contribution >= 4 is 35.6 Å². The number of phenols is 4. The number of phenolic OH excluding ortho intramolecular Hbond substituents is 4. The van der Waals surface area contributed by atoms with E-state index in [0.717, 1.165) is 0 Å². The maximum absolute atomic E-state index is 14.0. The van der Waals surface area contributed by atoms with Crippen LogP contribution in [0.15, 0.2) is 66.2 Å². The van der Waals surface area contributed by atoms with E-state index < -0.39 is 71.4 Å². The van der Waals surface area contributed by atoms with Crippen molar-refractivity contribution in [2.24, 2.45) is 0 Å². The number of carbonyl (C=O) groups excluding carboxylic acids is 2. The molecule has 1 heterocycles. The van der Waals surface area contributed by atoms with Gasteiger partial charge in [0.15, 0.2) is 34.2 Å². The van der Waals surface area contributed by atoms with E-state index in [-0.39, 0.29) is 47.5 Å². The van der Waals surface area contributed by atoms with Crippen molar-refractivity contribution in [3.63, 3.8) is 0 Å². The number of aliphatic hydroxyl groups excluding tert-OH is 2. The molecule has 13 heteroatoms. The molecule has 246 valence electrons. The molecule has 4 atom stereocenters. The van der Waals surface area contributed by atoms with Crippen molar-refractivity contribution in [3.05, 3.63) is 88.5 Å². The van der Waals surface area contributed by atoms with Gasteiger partial charge < -0.3 is 50.3 Å². The second kappa shape index (κ2) is 12.8. The van der Waals surface area contributed by atoms with Crippen LogP contribution in [0.2, 0.25) is 0 Å². The van der Waals surface area contributed by atoms with Gasteiger partial charge in [-0.05, 0) is 77.6 Å². The molecular weight excluding hydrogens is 616 g/mol. The predicted molar refractivity (Wildman–Crippen MR) is 164 cm³/mol. The molecule has 0 amide bonds. The number of benzene rings is 3. The topological polar surface area (TPSA) is 232 Å². The Bertz CT molecular complexity index is 1790. The molecule has 0 radical (unpaired) electrons. The normalized spacial score (nSPS) is 25.4. The van der Waals surface area contributed by atoms with Crippen molar-refractivity contribution in [2.75, 3.05) is 0 Å². The first-order chi connectivity index (χ1) is 22.2. The minimum atomic E-state index is -2.55. The van der Waals surface area contributed by atoms with Gasteiger partial charge in [-0.25, -0.2) is 14.4 Å². The van der Waals surface area contributed by atoms with Gasteiger partial charge in [-0.2, -0.15) is 0 Å². The number of aromatic hydroxyl groups is 4. The second-order valence-electron chi connectivity index (χ2n) is 11.6. The van der Waals surface area contributed by atoms with E-state index in [0.29, 0.717) is 11.1 Å². The van der Waals surface area contributed by atoms with Crippen molar-refractivity contribution in [3.8, 4) is 23.0 Å². The van der Waals surface area contributed by atoms with E-state index in [1.807, 2.05) is 0 Å². The average molecular weight is 649 g/mol. The summed E-state index contributed by atoms with van der Waals surface area (Å²) in [6.07, 6.45) is -2.39. The minimum absolute atomic E-state index is 0.0366. The monoisotopic (exact) mass is 648 g/mol. The molecule has 47 heavy (non-hydrogen) atoms. The highest BCUT2D eigenvalue weighted by Gasteiger charge is 2.62. The Kier molecular flexibility index (Phi) is 8.98. The number of hydrogen-bond acceptors (Lipinski definition) is 12. The van der Waals surface area contributed by atoms with Crippen molar-refractivity contribution in [1.29, 1.82) is 0 Å². The lowest BCUT2D eigenvalue weighted by Gasteiger charge is -2.51. The van der Waals surface area contributed by atoms with E-state index in [4.69, 9.17) is 9.47 Å². The third-order valence-corrected chi connectivity index (χ3v) is 8.43. The molecular formula is C34H32O13. The zero-order valence-corrected chi connectivity index (χ0v) is 24.7. The largest absolute Gasteiger partial charge is 0.504 e. The zero-order valence-electron chi connectivity index (χ0n) is 24.7. The molecule has 0 bridgehead atoms. The lowest BCUT2D eigenvalue weighted by molar-refractivity contribution is -0.244. The third-order valence-electron chi connectivity index (χ3n) is 8.43. The SMILES string of the molecule is O=C1OC2(CCC1=Cc1ccc(O)c(O)c1)C(O)CC(O)(C(=O)O)CC2OC(=O)C(=Cc1ccc(O)c(O)c1)c1cccc(CO)c1. The minimum Gasteiger partial charge on any atom is -0.504 e. The first-order valence-electron chi connectivity index (χ1n) is 14.5. The van der Waals surface area contributed by atoms with Crippen LogP contribution in [0, 0.1) is 0 Å². The van der Waals surface area contributed by atoms with Crippen LogP contribution < -0.4 is 0 Å². The van der Waals surface area contributed by atoms with Gasteiger partial charge in [-0.15, -0.1) is 0 Å². The number of aliphatic hydroxyl groups is 3. The summed E-state index contributed by atoms with van der Waals surface area (Å²) in [7, 11) is 0. The maximum atomic E-state index is 14.0. The molecule has 0 aromatic heterocycles. The molecule has 13 nitrogen and oxygen atoms in total. The predicted octanol–water partition coefficient (Wildman–Crippen LogP) is 2.58. The van der Waals surface area contributed by atoms with Crippen LogP contribution in [0.4, 0.5) is 0 Å². The van der Waals surface area contributed by atoms with E-state index in [1.54, 1.807) is 12.1 Å². The van der Waals surface area contributed by atoms with Gasteiger partial charge in [-0.3, -0.25) is 0 Å². The molecule has 1 spiro atoms. The highest BCUT2D eigenvalue weighted by Crippen LogP contribution is 2.46. The molecule has 2 aliphatic rings. The second-order valence-corrected chi connectivity index (χ2v) is 11.6. The van der Waals surface area contributed by atoms with E-state index in [2.05, 4.69) is 0 Å². The maximum Gasteiger partial charge on any atom is 0.339 e. The van der Waals surface area contributed by atoms with Crippen molar-refractivity contribution in [1.82, 2.24) is 0 Å². The van der Waals surface area contributed by atoms with Crippen LogP contribution >= 0.6 is 0 Å². The number of ether oxygens (including phenoxy) is 2. The fraction of sp³-hybridized carbons (Fsp3) is 0.265. The molecule has 5 rings (SSSR count). The molecule has 2 fully saturated rings. The van der Waals surface area contributed by atoms with Crippen LogP contribution in [0.3, 0.4) is 0 Å². The van der Waals surface area contributed by atoms with E-state index in [9.17, 15) is 55.2 Å². The smallest absolute Gasteiger partial charge is 0.339 e. The number of esters is 2. The van der Waals surface area contributed by atoms with Gasteiger partial charge in [0.2, 0.25) is 0 Å². The molecule has 3 aromatic carbocycles. The molecule has 1 saturated carbocycles. The summed E-state index contributed by atoms with van der Waals surface area (Å²) in [4.78, 5) is 39.4. The average Bonchev–Trinajstić information content (AvgIpc) is 3.03. The summed E-state index contributed by atoms with van der Waals surface area (Å²) in [5.41, 5.74) is -3.25. The van der Waals surface area contributed by atoms with Crippen molar-refractivity contribution in [2.45, 2.75) is 55.7 Å². The van der Waals surface area contributed by atoms with Gasteiger partial charge in [0.25, 0.3) is 0 Å². The molecule has 3 aromatic rings. The Labute approximate surface area is 267 Å². The summed E-state index contributed by atoms with van der Waals surface area (Å²) in [5, 5.41) is 80.9. The molecule has 1 aliphatic heterocycles. The number of hydrogen-bond donors (Lipinski definition) is 8. The molecule has 1 aliphatic carbocycles. The number of carboxylic acids is 1. The van der Waals surface area contributed by atoms with E-state index >= 15 is 0 Å². The Morgan fingerprint density at radius 1 is 0.915 bits per heavy atom. The quantitative estimate of drug-likeness (QED) is 0.0798. The Morgan fingerprint density at radius 3 is 2.19 bits per heavy atom. The van der Waals surface area contributed by atoms with Crippen LogP contribution in [-0.2, 0) is 30.5 Å². The first-order valence-corrected chi connectivity index (χ1v) is 14.5. The Morgan fingerprint density at radius 2 is 1.57 bits per heavy atom. The highest BCUT2D eigenvalue weighted by atomic mass is 16.6. The Balaban J connectivity index is 1.53. The number of carbonyl (C=O) groups is 3. The summed E-state index contributed by atoms with van der Waals surface area (Å²) >= 11 is 0. The number of rotatable bonds is 7. The molecule has 4 unspecified atom stereocenters. The van der Waals surface area contributed by atoms with Gasteiger partial charge in [0.1, 0.15) is 12.2 Å². The summed E-state index contributed by atoms with van der Waals surface area (Å²) < 4.78 is 11.6. The van der Waals surface area contributed by atoms with E-state index in [1.165, 1.54) is 60.7 Å². The van der Waals surface area contributed by atoms with Gasteiger partial charge in [-0.1, -0.05) is 30.3 Å². The van der Waals surface area contributed by atoms with Gasteiger partial charge in [0.05, 0.1) is 12.2 Å². The Hall–Kier alpha value is -5.37. The number of carboxylic acid groups (broad SMARTS) is 1. The third kappa shape index (κ3) is 6.63. The lowest BCUT2D eigenvalue weighted by atomic mass is 9.68. The molecule has 1 saturated heterocycles. The zero-order chi connectivity index (χ0) is 34.1. The van der Waals surface area contributed by atoms with Crippen molar-refractivity contribution < 1.29 is 64.7 Å².